The molecule has 0 unspecified atom stereocenters. The molecule has 15 heavy (non-hydrogen) atoms. The SMILES string of the molecule is Brc1ccccc1CCc1ccncc1. The number of aromatic nitrogens is 1. The van der Waals surface area contributed by atoms with E-state index in [1.165, 1.54) is 15.6 Å². The molecule has 1 aromatic heterocycles. The Morgan fingerprint density at radius 1 is 0.933 bits per heavy atom. The van der Waals surface area contributed by atoms with Gasteiger partial charge in [-0.1, -0.05) is 34.1 Å². The maximum absolute atomic E-state index is 4.01. The van der Waals surface area contributed by atoms with E-state index >= 15 is 0 Å². The minimum Gasteiger partial charge on any atom is -0.265 e. The third-order valence-corrected chi connectivity index (χ3v) is 3.16. The van der Waals surface area contributed by atoms with Crippen LogP contribution < -0.4 is 0 Å². The number of aryl methyl sites for hydroxylation is 2. The van der Waals surface area contributed by atoms with Crippen molar-refractivity contribution in [1.82, 2.24) is 4.98 Å². The Hall–Kier alpha value is -1.15. The molecule has 0 bridgehead atoms. The number of halogens is 1. The minimum absolute atomic E-state index is 1.06. The molecule has 0 saturated carbocycles. The highest BCUT2D eigenvalue weighted by atomic mass is 79.9. The molecule has 0 amide bonds. The van der Waals surface area contributed by atoms with Gasteiger partial charge >= 0.3 is 0 Å². The molecule has 2 aromatic rings. The van der Waals surface area contributed by atoms with Gasteiger partial charge in [-0.05, 0) is 42.2 Å². The Morgan fingerprint density at radius 3 is 2.40 bits per heavy atom. The lowest BCUT2D eigenvalue weighted by molar-refractivity contribution is 0.950. The highest BCUT2D eigenvalue weighted by Crippen LogP contribution is 2.17. The van der Waals surface area contributed by atoms with E-state index in [1.807, 2.05) is 18.5 Å². The summed E-state index contributed by atoms with van der Waals surface area (Å²) in [6, 6.07) is 12.5. The molecule has 2 heteroatoms. The van der Waals surface area contributed by atoms with E-state index in [4.69, 9.17) is 0 Å². The Kier molecular flexibility index (Phi) is 3.51. The summed E-state index contributed by atoms with van der Waals surface area (Å²) in [5, 5.41) is 0. The molecule has 0 radical (unpaired) electrons. The van der Waals surface area contributed by atoms with Crippen LogP contribution in [0.25, 0.3) is 0 Å². The lowest BCUT2D eigenvalue weighted by Crippen LogP contribution is -1.92. The van der Waals surface area contributed by atoms with Crippen molar-refractivity contribution in [2.24, 2.45) is 0 Å². The third-order valence-electron chi connectivity index (χ3n) is 2.39. The van der Waals surface area contributed by atoms with Crippen molar-refractivity contribution >= 4 is 15.9 Å². The van der Waals surface area contributed by atoms with Crippen LogP contribution in [-0.4, -0.2) is 4.98 Å². The predicted molar refractivity (Wildman–Crippen MR) is 65.8 cm³/mol. The van der Waals surface area contributed by atoms with Crippen molar-refractivity contribution in [3.63, 3.8) is 0 Å². The topological polar surface area (TPSA) is 12.9 Å². The van der Waals surface area contributed by atoms with Crippen molar-refractivity contribution in [3.8, 4) is 0 Å². The lowest BCUT2D eigenvalue weighted by atomic mass is 10.1. The van der Waals surface area contributed by atoms with Crippen LogP contribution in [0.15, 0.2) is 53.3 Å². The zero-order valence-electron chi connectivity index (χ0n) is 8.36. The predicted octanol–water partition coefficient (Wildman–Crippen LogP) is 3.63. The molecule has 76 valence electrons. The fourth-order valence-corrected chi connectivity index (χ4v) is 2.01. The summed E-state index contributed by atoms with van der Waals surface area (Å²) >= 11 is 3.56. The van der Waals surface area contributed by atoms with Crippen molar-refractivity contribution in [2.75, 3.05) is 0 Å². The number of benzene rings is 1. The monoisotopic (exact) mass is 261 g/mol. The van der Waals surface area contributed by atoms with Crippen LogP contribution in [-0.2, 0) is 12.8 Å². The number of rotatable bonds is 3. The molecule has 0 fully saturated rings. The number of pyridine rings is 1. The van der Waals surface area contributed by atoms with E-state index in [1.54, 1.807) is 0 Å². The molecule has 0 aliphatic carbocycles. The molecular formula is C13H12BrN. The van der Waals surface area contributed by atoms with Crippen LogP contribution in [0.3, 0.4) is 0 Å². The summed E-state index contributed by atoms with van der Waals surface area (Å²) < 4.78 is 1.19. The molecule has 0 aliphatic heterocycles. The van der Waals surface area contributed by atoms with Gasteiger partial charge in [0.25, 0.3) is 0 Å². The third kappa shape index (κ3) is 2.90. The van der Waals surface area contributed by atoms with Gasteiger partial charge in [0.1, 0.15) is 0 Å². The van der Waals surface area contributed by atoms with E-state index in [9.17, 15) is 0 Å². The summed E-state index contributed by atoms with van der Waals surface area (Å²) in [4.78, 5) is 4.01. The lowest BCUT2D eigenvalue weighted by Gasteiger charge is -2.03. The van der Waals surface area contributed by atoms with Gasteiger partial charge in [0.2, 0.25) is 0 Å². The van der Waals surface area contributed by atoms with E-state index in [2.05, 4.69) is 51.2 Å². The van der Waals surface area contributed by atoms with Crippen LogP contribution >= 0.6 is 15.9 Å². The van der Waals surface area contributed by atoms with Crippen molar-refractivity contribution in [2.45, 2.75) is 12.8 Å². The molecule has 0 aliphatic rings. The van der Waals surface area contributed by atoms with Gasteiger partial charge in [-0.3, -0.25) is 4.98 Å². The van der Waals surface area contributed by atoms with Gasteiger partial charge < -0.3 is 0 Å². The second-order valence-corrected chi connectivity index (χ2v) is 4.30. The second-order valence-electron chi connectivity index (χ2n) is 3.45. The Bertz CT molecular complexity index is 426. The van der Waals surface area contributed by atoms with E-state index in [0.717, 1.165) is 12.8 Å². The van der Waals surface area contributed by atoms with Crippen LogP contribution in [0, 0.1) is 0 Å². The molecule has 0 spiro atoms. The zero-order valence-corrected chi connectivity index (χ0v) is 9.94. The normalized spacial score (nSPS) is 10.2. The molecular weight excluding hydrogens is 250 g/mol. The number of nitrogens with zero attached hydrogens (tertiary/aromatic N) is 1. The maximum atomic E-state index is 4.01. The first kappa shape index (κ1) is 10.4. The molecule has 0 saturated heterocycles. The van der Waals surface area contributed by atoms with Crippen LogP contribution in [0.4, 0.5) is 0 Å². The molecule has 1 heterocycles. The first-order chi connectivity index (χ1) is 7.36. The molecule has 2 rings (SSSR count). The average molecular weight is 262 g/mol. The van der Waals surface area contributed by atoms with Crippen molar-refractivity contribution in [1.29, 1.82) is 0 Å². The second kappa shape index (κ2) is 5.08. The standard InChI is InChI=1S/C13H12BrN/c14-13-4-2-1-3-12(13)6-5-11-7-9-15-10-8-11/h1-4,7-10H,5-6H2. The fourth-order valence-electron chi connectivity index (χ4n) is 1.53. The largest absolute Gasteiger partial charge is 0.265 e. The average Bonchev–Trinajstić information content (AvgIpc) is 2.29. The van der Waals surface area contributed by atoms with Crippen LogP contribution in [0.1, 0.15) is 11.1 Å². The summed E-state index contributed by atoms with van der Waals surface area (Å²) in [6.07, 6.45) is 5.81. The fraction of sp³-hybridized carbons (Fsp3) is 0.154. The quantitative estimate of drug-likeness (QED) is 0.823. The first-order valence-electron chi connectivity index (χ1n) is 4.98. The number of hydrogen-bond donors (Lipinski definition) is 0. The zero-order chi connectivity index (χ0) is 10.5. The van der Waals surface area contributed by atoms with Crippen LogP contribution in [0.5, 0.6) is 0 Å². The Morgan fingerprint density at radius 2 is 1.67 bits per heavy atom. The van der Waals surface area contributed by atoms with Gasteiger partial charge in [-0.25, -0.2) is 0 Å². The van der Waals surface area contributed by atoms with E-state index in [-0.39, 0.29) is 0 Å². The maximum Gasteiger partial charge on any atom is 0.0270 e. The Labute approximate surface area is 98.3 Å². The summed E-state index contributed by atoms with van der Waals surface area (Å²) in [5.74, 6) is 0. The first-order valence-corrected chi connectivity index (χ1v) is 5.78. The van der Waals surface area contributed by atoms with Crippen molar-refractivity contribution < 1.29 is 0 Å². The summed E-state index contributed by atoms with van der Waals surface area (Å²) in [7, 11) is 0. The molecule has 0 N–H and O–H groups in total. The van der Waals surface area contributed by atoms with Gasteiger partial charge in [0.15, 0.2) is 0 Å². The smallest absolute Gasteiger partial charge is 0.0270 e. The minimum atomic E-state index is 1.06. The van der Waals surface area contributed by atoms with Crippen molar-refractivity contribution in [3.05, 3.63) is 64.4 Å². The Balaban J connectivity index is 2.03. The highest BCUT2D eigenvalue weighted by molar-refractivity contribution is 9.10. The highest BCUT2D eigenvalue weighted by Gasteiger charge is 1.98. The molecule has 1 aromatic carbocycles. The molecule has 0 atom stereocenters. The number of hydrogen-bond acceptors (Lipinski definition) is 1. The molecule has 1 nitrogen and oxygen atoms in total. The van der Waals surface area contributed by atoms with Gasteiger partial charge in [-0.2, -0.15) is 0 Å². The summed E-state index contributed by atoms with van der Waals surface area (Å²) in [6.45, 7) is 0. The van der Waals surface area contributed by atoms with E-state index in [0.29, 0.717) is 0 Å². The van der Waals surface area contributed by atoms with Gasteiger partial charge in [0.05, 0.1) is 0 Å². The van der Waals surface area contributed by atoms with Gasteiger partial charge in [-0.15, -0.1) is 0 Å². The van der Waals surface area contributed by atoms with Crippen LogP contribution in [0.2, 0.25) is 0 Å². The summed E-state index contributed by atoms with van der Waals surface area (Å²) in [5.41, 5.74) is 2.69. The van der Waals surface area contributed by atoms with Gasteiger partial charge in [0, 0.05) is 16.9 Å². The van der Waals surface area contributed by atoms with E-state index < -0.39 is 0 Å².